The van der Waals surface area contributed by atoms with Crippen molar-refractivity contribution in [2.24, 2.45) is 0 Å². The minimum atomic E-state index is -1.62. The molecule has 0 radical (unpaired) electrons. The second kappa shape index (κ2) is 5.17. The molecule has 8 heteroatoms. The molecule has 0 saturated heterocycles. The van der Waals surface area contributed by atoms with Crippen LogP contribution in [0.1, 0.15) is 41.4 Å². The Morgan fingerprint density at radius 1 is 0.682 bits per heavy atom. The summed E-state index contributed by atoms with van der Waals surface area (Å²) in [5, 5.41) is 36.0. The zero-order chi connectivity index (χ0) is 16.6. The number of carboxylic acids is 4. The van der Waals surface area contributed by atoms with Crippen LogP contribution in [0.25, 0.3) is 10.8 Å². The summed E-state index contributed by atoms with van der Waals surface area (Å²) in [4.78, 5) is 45.1. The van der Waals surface area contributed by atoms with Gasteiger partial charge in [0, 0.05) is 5.39 Å². The number of rotatable bonds is 4. The molecule has 22 heavy (non-hydrogen) atoms. The van der Waals surface area contributed by atoms with E-state index in [1.165, 1.54) is 12.1 Å². The first-order valence-corrected chi connectivity index (χ1v) is 5.78. The molecule has 0 atom stereocenters. The van der Waals surface area contributed by atoms with Gasteiger partial charge in [-0.25, -0.2) is 19.2 Å². The van der Waals surface area contributed by atoms with Crippen molar-refractivity contribution in [1.82, 2.24) is 0 Å². The highest BCUT2D eigenvalue weighted by atomic mass is 16.4. The van der Waals surface area contributed by atoms with Crippen LogP contribution in [-0.4, -0.2) is 44.3 Å². The van der Waals surface area contributed by atoms with Gasteiger partial charge in [-0.3, -0.25) is 0 Å². The molecule has 0 saturated carbocycles. The number of fused-ring (bicyclic) bond motifs is 1. The number of carboxylic acid groups (broad SMARTS) is 4. The van der Waals surface area contributed by atoms with Gasteiger partial charge < -0.3 is 20.4 Å². The predicted molar refractivity (Wildman–Crippen MR) is 71.8 cm³/mol. The number of benzene rings is 2. The van der Waals surface area contributed by atoms with E-state index in [0.29, 0.717) is 6.07 Å². The lowest BCUT2D eigenvalue weighted by Crippen LogP contribution is -2.13. The zero-order valence-corrected chi connectivity index (χ0v) is 10.7. The molecule has 0 aliphatic heterocycles. The van der Waals surface area contributed by atoms with E-state index in [1.54, 1.807) is 0 Å². The molecule has 2 aromatic carbocycles. The summed E-state index contributed by atoms with van der Waals surface area (Å²) in [6, 6.07) is 4.16. The molecule has 0 heterocycles. The minimum absolute atomic E-state index is 0.260. The Bertz CT molecular complexity index is 850. The zero-order valence-electron chi connectivity index (χ0n) is 10.7. The van der Waals surface area contributed by atoms with Crippen LogP contribution in [-0.2, 0) is 0 Å². The standard InChI is InChI=1S/C14H8O8/c15-11(16)6-3-1-2-5-9(6)7(12(17)18)4-8(13(19)20)10(5)14(21)22/h1-4H,(H,15,16)(H,17,18)(H,19,20)(H,21,22). The molecule has 4 N–H and O–H groups in total. The van der Waals surface area contributed by atoms with E-state index >= 15 is 0 Å². The van der Waals surface area contributed by atoms with Gasteiger partial charge in [-0.2, -0.15) is 0 Å². The van der Waals surface area contributed by atoms with Crippen molar-refractivity contribution in [2.45, 2.75) is 0 Å². The molecule has 0 spiro atoms. The van der Waals surface area contributed by atoms with E-state index in [9.17, 15) is 29.4 Å². The Balaban J connectivity index is 3.15. The fourth-order valence-corrected chi connectivity index (χ4v) is 2.23. The minimum Gasteiger partial charge on any atom is -0.478 e. The number of hydrogen-bond donors (Lipinski definition) is 4. The Morgan fingerprint density at radius 3 is 1.68 bits per heavy atom. The van der Waals surface area contributed by atoms with Crippen LogP contribution < -0.4 is 0 Å². The van der Waals surface area contributed by atoms with Crippen LogP contribution >= 0.6 is 0 Å². The van der Waals surface area contributed by atoms with Crippen molar-refractivity contribution in [3.63, 3.8) is 0 Å². The fraction of sp³-hybridized carbons (Fsp3) is 0. The van der Waals surface area contributed by atoms with E-state index in [1.807, 2.05) is 0 Å². The maximum Gasteiger partial charge on any atom is 0.337 e. The van der Waals surface area contributed by atoms with Crippen molar-refractivity contribution >= 4 is 34.6 Å². The van der Waals surface area contributed by atoms with Crippen LogP contribution in [0.3, 0.4) is 0 Å². The molecule has 0 aliphatic carbocycles. The van der Waals surface area contributed by atoms with E-state index in [-0.39, 0.29) is 10.8 Å². The second-order valence-corrected chi connectivity index (χ2v) is 4.30. The third-order valence-electron chi connectivity index (χ3n) is 3.07. The van der Waals surface area contributed by atoms with Crippen LogP contribution in [0, 0.1) is 0 Å². The quantitative estimate of drug-likeness (QED) is 0.665. The molecule has 0 bridgehead atoms. The third kappa shape index (κ3) is 2.22. The van der Waals surface area contributed by atoms with Crippen LogP contribution in [0.2, 0.25) is 0 Å². The SMILES string of the molecule is O=C(O)c1cc(C(=O)O)c2c(C(=O)O)cccc2c1C(=O)O. The number of hydrogen-bond acceptors (Lipinski definition) is 4. The topological polar surface area (TPSA) is 149 Å². The highest BCUT2D eigenvalue weighted by molar-refractivity contribution is 6.20. The maximum atomic E-state index is 11.3. The summed E-state index contributed by atoms with van der Waals surface area (Å²) in [5.41, 5.74) is -2.39. The van der Waals surface area contributed by atoms with Crippen molar-refractivity contribution in [3.05, 3.63) is 46.5 Å². The summed E-state index contributed by atoms with van der Waals surface area (Å²) >= 11 is 0. The molecule has 0 fully saturated rings. The molecule has 0 aromatic heterocycles. The van der Waals surface area contributed by atoms with Crippen LogP contribution in [0.15, 0.2) is 24.3 Å². The average molecular weight is 304 g/mol. The van der Waals surface area contributed by atoms with Gasteiger partial charge in [-0.1, -0.05) is 12.1 Å². The van der Waals surface area contributed by atoms with Crippen molar-refractivity contribution in [2.75, 3.05) is 0 Å². The predicted octanol–water partition coefficient (Wildman–Crippen LogP) is 1.63. The average Bonchev–Trinajstić information content (AvgIpc) is 2.43. The first kappa shape index (κ1) is 15.0. The highest BCUT2D eigenvalue weighted by Crippen LogP contribution is 2.30. The lowest BCUT2D eigenvalue weighted by Gasteiger charge is -2.12. The van der Waals surface area contributed by atoms with Gasteiger partial charge in [0.15, 0.2) is 0 Å². The van der Waals surface area contributed by atoms with Crippen molar-refractivity contribution in [3.8, 4) is 0 Å². The van der Waals surface area contributed by atoms with Gasteiger partial charge in [0.25, 0.3) is 0 Å². The van der Waals surface area contributed by atoms with Gasteiger partial charge in [-0.05, 0) is 17.5 Å². The molecule has 2 aromatic rings. The van der Waals surface area contributed by atoms with E-state index in [0.717, 1.165) is 6.07 Å². The van der Waals surface area contributed by atoms with E-state index in [4.69, 9.17) is 10.2 Å². The third-order valence-corrected chi connectivity index (χ3v) is 3.07. The first-order valence-electron chi connectivity index (χ1n) is 5.78. The molecule has 0 aliphatic rings. The second-order valence-electron chi connectivity index (χ2n) is 4.30. The fourth-order valence-electron chi connectivity index (χ4n) is 2.23. The van der Waals surface area contributed by atoms with Crippen molar-refractivity contribution < 1.29 is 39.6 Å². The summed E-state index contributed by atoms with van der Waals surface area (Å²) in [6.45, 7) is 0. The summed E-state index contributed by atoms with van der Waals surface area (Å²) < 4.78 is 0. The number of aromatic carboxylic acids is 4. The molecular weight excluding hydrogens is 296 g/mol. The Hall–Kier alpha value is -3.42. The van der Waals surface area contributed by atoms with Gasteiger partial charge >= 0.3 is 23.9 Å². The molecular formula is C14H8O8. The molecule has 2 rings (SSSR count). The van der Waals surface area contributed by atoms with E-state index in [2.05, 4.69) is 0 Å². The van der Waals surface area contributed by atoms with Gasteiger partial charge in [-0.15, -0.1) is 0 Å². The van der Waals surface area contributed by atoms with Gasteiger partial charge in [0.05, 0.1) is 22.3 Å². The van der Waals surface area contributed by atoms with Gasteiger partial charge in [0.1, 0.15) is 0 Å². The Kier molecular flexibility index (Phi) is 3.52. The smallest absolute Gasteiger partial charge is 0.337 e. The lowest BCUT2D eigenvalue weighted by atomic mass is 9.91. The normalized spacial score (nSPS) is 10.4. The molecule has 8 nitrogen and oxygen atoms in total. The van der Waals surface area contributed by atoms with Crippen LogP contribution in [0.5, 0.6) is 0 Å². The highest BCUT2D eigenvalue weighted by Gasteiger charge is 2.26. The molecule has 0 unspecified atom stereocenters. The van der Waals surface area contributed by atoms with E-state index < -0.39 is 46.1 Å². The van der Waals surface area contributed by atoms with Crippen molar-refractivity contribution in [1.29, 1.82) is 0 Å². The van der Waals surface area contributed by atoms with Crippen LogP contribution in [0.4, 0.5) is 0 Å². The molecule has 0 amide bonds. The Labute approximate surface area is 121 Å². The largest absolute Gasteiger partial charge is 0.478 e. The monoisotopic (exact) mass is 304 g/mol. The summed E-state index contributed by atoms with van der Waals surface area (Å²) in [5.74, 6) is -6.23. The lowest BCUT2D eigenvalue weighted by molar-refractivity contribution is 0.0651. The maximum absolute atomic E-state index is 11.3. The Morgan fingerprint density at radius 2 is 1.23 bits per heavy atom. The summed E-state index contributed by atoms with van der Waals surface area (Å²) in [7, 11) is 0. The summed E-state index contributed by atoms with van der Waals surface area (Å²) in [6.07, 6.45) is 0. The number of carbonyl (C=O) groups is 4. The molecule has 112 valence electrons. The van der Waals surface area contributed by atoms with Gasteiger partial charge in [0.2, 0.25) is 0 Å². The first-order chi connectivity index (χ1) is 10.3.